The van der Waals surface area contributed by atoms with E-state index in [2.05, 4.69) is 10.3 Å². The molecule has 0 fully saturated rings. The van der Waals surface area contributed by atoms with E-state index < -0.39 is 5.97 Å². The van der Waals surface area contributed by atoms with Crippen LogP contribution in [0.25, 0.3) is 11.3 Å². The molecule has 1 N–H and O–H groups in total. The normalized spacial score (nSPS) is 10.7. The van der Waals surface area contributed by atoms with Crippen molar-refractivity contribution in [2.24, 2.45) is 0 Å². The van der Waals surface area contributed by atoms with Crippen LogP contribution < -0.4 is 0 Å². The molecule has 2 aromatic carbocycles. The van der Waals surface area contributed by atoms with E-state index in [0.29, 0.717) is 12.1 Å². The molecule has 0 unspecified atom stereocenters. The van der Waals surface area contributed by atoms with E-state index in [1.54, 1.807) is 42.1 Å². The van der Waals surface area contributed by atoms with Crippen LogP contribution in [0.1, 0.15) is 21.5 Å². The number of aromatic carboxylic acids is 1. The lowest BCUT2D eigenvalue weighted by Crippen LogP contribution is -2.05. The van der Waals surface area contributed by atoms with Gasteiger partial charge in [0.1, 0.15) is 5.82 Å². The molecule has 3 aromatic rings. The highest BCUT2D eigenvalue weighted by atomic mass is 19.1. The number of carboxylic acid groups (broad SMARTS) is 1. The summed E-state index contributed by atoms with van der Waals surface area (Å²) in [6, 6.07) is 11.5. The van der Waals surface area contributed by atoms with Gasteiger partial charge in [0.15, 0.2) is 0 Å². The standard InChI is InChI=1S/C17H14FN3O2/c1-11-7-13(5-6-15(11)18)16-9-19-20-21(16)10-12-3-2-4-14(8-12)17(22)23/h2-9H,10H2,1H3,(H,22,23). The molecule has 0 saturated carbocycles. The van der Waals surface area contributed by atoms with E-state index in [0.717, 1.165) is 16.8 Å². The van der Waals surface area contributed by atoms with Crippen LogP contribution in [0.3, 0.4) is 0 Å². The second-order valence-corrected chi connectivity index (χ2v) is 5.25. The topological polar surface area (TPSA) is 68.0 Å². The summed E-state index contributed by atoms with van der Waals surface area (Å²) < 4.78 is 15.1. The lowest BCUT2D eigenvalue weighted by atomic mass is 10.1. The van der Waals surface area contributed by atoms with Crippen molar-refractivity contribution in [1.82, 2.24) is 15.0 Å². The van der Waals surface area contributed by atoms with Crippen molar-refractivity contribution in [3.63, 3.8) is 0 Å². The van der Waals surface area contributed by atoms with E-state index in [4.69, 9.17) is 5.11 Å². The summed E-state index contributed by atoms with van der Waals surface area (Å²) in [6.45, 7) is 2.08. The van der Waals surface area contributed by atoms with Gasteiger partial charge >= 0.3 is 5.97 Å². The zero-order chi connectivity index (χ0) is 16.4. The number of benzene rings is 2. The fourth-order valence-electron chi connectivity index (χ4n) is 2.38. The van der Waals surface area contributed by atoms with Gasteiger partial charge in [-0.3, -0.25) is 0 Å². The first-order valence-corrected chi connectivity index (χ1v) is 7.02. The molecule has 0 bridgehead atoms. The summed E-state index contributed by atoms with van der Waals surface area (Å²) >= 11 is 0. The van der Waals surface area contributed by atoms with Gasteiger partial charge in [0.25, 0.3) is 0 Å². The first-order chi connectivity index (χ1) is 11.0. The van der Waals surface area contributed by atoms with E-state index in [1.165, 1.54) is 12.1 Å². The van der Waals surface area contributed by atoms with Gasteiger partial charge in [0, 0.05) is 5.56 Å². The maximum atomic E-state index is 13.4. The van der Waals surface area contributed by atoms with Crippen molar-refractivity contribution in [3.05, 3.63) is 71.2 Å². The summed E-state index contributed by atoms with van der Waals surface area (Å²) in [7, 11) is 0. The Bertz CT molecular complexity index is 874. The zero-order valence-corrected chi connectivity index (χ0v) is 12.4. The van der Waals surface area contributed by atoms with Crippen molar-refractivity contribution in [2.45, 2.75) is 13.5 Å². The number of carbonyl (C=O) groups is 1. The molecule has 0 atom stereocenters. The van der Waals surface area contributed by atoms with Gasteiger partial charge in [0.05, 0.1) is 24.0 Å². The van der Waals surface area contributed by atoms with Gasteiger partial charge in [-0.15, -0.1) is 5.10 Å². The molecule has 0 aliphatic heterocycles. The molecule has 1 heterocycles. The van der Waals surface area contributed by atoms with Gasteiger partial charge in [-0.25, -0.2) is 13.9 Å². The Hall–Kier alpha value is -3.02. The summed E-state index contributed by atoms with van der Waals surface area (Å²) in [5.74, 6) is -1.23. The molecule has 0 radical (unpaired) electrons. The highest BCUT2D eigenvalue weighted by Crippen LogP contribution is 2.21. The second kappa shape index (κ2) is 6.00. The first-order valence-electron chi connectivity index (χ1n) is 7.02. The summed E-state index contributed by atoms with van der Waals surface area (Å²) in [6.07, 6.45) is 1.60. The number of hydrogen-bond acceptors (Lipinski definition) is 3. The van der Waals surface area contributed by atoms with Gasteiger partial charge in [-0.2, -0.15) is 0 Å². The Morgan fingerprint density at radius 1 is 1.26 bits per heavy atom. The Morgan fingerprint density at radius 3 is 2.83 bits per heavy atom. The Morgan fingerprint density at radius 2 is 2.09 bits per heavy atom. The van der Waals surface area contributed by atoms with Crippen LogP contribution in [0.4, 0.5) is 4.39 Å². The van der Waals surface area contributed by atoms with Crippen LogP contribution in [0, 0.1) is 12.7 Å². The lowest BCUT2D eigenvalue weighted by molar-refractivity contribution is 0.0696. The molecule has 1 aromatic heterocycles. The Balaban J connectivity index is 1.93. The first kappa shape index (κ1) is 14.9. The van der Waals surface area contributed by atoms with Crippen LogP contribution in [-0.2, 0) is 6.54 Å². The molecule has 116 valence electrons. The van der Waals surface area contributed by atoms with Crippen LogP contribution >= 0.6 is 0 Å². The highest BCUT2D eigenvalue weighted by molar-refractivity contribution is 5.87. The third-order valence-corrected chi connectivity index (χ3v) is 3.58. The van der Waals surface area contributed by atoms with Crippen molar-refractivity contribution in [3.8, 4) is 11.3 Å². The smallest absolute Gasteiger partial charge is 0.335 e. The number of rotatable bonds is 4. The fraction of sp³-hybridized carbons (Fsp3) is 0.118. The molecular formula is C17H14FN3O2. The zero-order valence-electron chi connectivity index (χ0n) is 12.4. The van der Waals surface area contributed by atoms with Gasteiger partial charge in [0.2, 0.25) is 0 Å². The van der Waals surface area contributed by atoms with Crippen molar-refractivity contribution in [1.29, 1.82) is 0 Å². The number of nitrogens with zero attached hydrogens (tertiary/aromatic N) is 3. The largest absolute Gasteiger partial charge is 0.478 e. The molecule has 6 heteroatoms. The monoisotopic (exact) mass is 311 g/mol. The summed E-state index contributed by atoms with van der Waals surface area (Å²) in [4.78, 5) is 11.0. The molecule has 5 nitrogen and oxygen atoms in total. The van der Waals surface area contributed by atoms with Gasteiger partial charge < -0.3 is 5.11 Å². The van der Waals surface area contributed by atoms with Crippen molar-refractivity contribution < 1.29 is 14.3 Å². The van der Waals surface area contributed by atoms with Crippen LogP contribution in [-0.4, -0.2) is 26.1 Å². The number of carboxylic acids is 1. The Labute approximate surface area is 132 Å². The molecule has 0 spiro atoms. The van der Waals surface area contributed by atoms with Crippen molar-refractivity contribution in [2.75, 3.05) is 0 Å². The SMILES string of the molecule is Cc1cc(-c2cnnn2Cc2cccc(C(=O)O)c2)ccc1F. The average Bonchev–Trinajstić information content (AvgIpc) is 2.98. The molecule has 0 saturated heterocycles. The lowest BCUT2D eigenvalue weighted by Gasteiger charge is -2.08. The fourth-order valence-corrected chi connectivity index (χ4v) is 2.38. The van der Waals surface area contributed by atoms with Gasteiger partial charge in [-0.05, 0) is 48.4 Å². The summed E-state index contributed by atoms with van der Waals surface area (Å²) in [5, 5.41) is 17.0. The number of hydrogen-bond donors (Lipinski definition) is 1. The third kappa shape index (κ3) is 3.11. The average molecular weight is 311 g/mol. The highest BCUT2D eigenvalue weighted by Gasteiger charge is 2.10. The number of halogens is 1. The molecule has 0 aliphatic carbocycles. The minimum absolute atomic E-state index is 0.224. The molecule has 0 amide bonds. The minimum atomic E-state index is -0.972. The van der Waals surface area contributed by atoms with Crippen molar-refractivity contribution >= 4 is 5.97 Å². The van der Waals surface area contributed by atoms with E-state index in [1.807, 2.05) is 6.07 Å². The summed E-state index contributed by atoms with van der Waals surface area (Å²) in [5.41, 5.74) is 3.12. The van der Waals surface area contributed by atoms with Gasteiger partial charge in [-0.1, -0.05) is 17.3 Å². The number of aryl methyl sites for hydroxylation is 1. The minimum Gasteiger partial charge on any atom is -0.478 e. The Kier molecular flexibility index (Phi) is 3.89. The van der Waals surface area contributed by atoms with E-state index in [-0.39, 0.29) is 11.4 Å². The van der Waals surface area contributed by atoms with Crippen LogP contribution in [0.2, 0.25) is 0 Å². The quantitative estimate of drug-likeness (QED) is 0.803. The third-order valence-electron chi connectivity index (χ3n) is 3.58. The van der Waals surface area contributed by atoms with Crippen LogP contribution in [0.5, 0.6) is 0 Å². The molecular weight excluding hydrogens is 297 g/mol. The second-order valence-electron chi connectivity index (χ2n) is 5.25. The maximum absolute atomic E-state index is 13.4. The predicted octanol–water partition coefficient (Wildman–Crippen LogP) is 3.14. The predicted molar refractivity (Wildman–Crippen MR) is 82.7 cm³/mol. The molecule has 0 aliphatic rings. The van der Waals surface area contributed by atoms with E-state index >= 15 is 0 Å². The maximum Gasteiger partial charge on any atom is 0.335 e. The molecule has 3 rings (SSSR count). The molecule has 23 heavy (non-hydrogen) atoms. The van der Waals surface area contributed by atoms with Crippen LogP contribution in [0.15, 0.2) is 48.7 Å². The number of aromatic nitrogens is 3. The van der Waals surface area contributed by atoms with E-state index in [9.17, 15) is 9.18 Å².